The van der Waals surface area contributed by atoms with Crippen LogP contribution < -0.4 is 20.7 Å². The number of halogens is 1. The third-order valence-electron chi connectivity index (χ3n) is 6.98. The van der Waals surface area contributed by atoms with Crippen LogP contribution in [-0.2, 0) is 19.4 Å². The van der Waals surface area contributed by atoms with Gasteiger partial charge in [0.2, 0.25) is 0 Å². The molecule has 0 aromatic heterocycles. The largest absolute Gasteiger partial charge is 0.493 e. The van der Waals surface area contributed by atoms with Crippen molar-refractivity contribution in [2.45, 2.75) is 58.2 Å². The van der Waals surface area contributed by atoms with Gasteiger partial charge < -0.3 is 25.8 Å². The van der Waals surface area contributed by atoms with Gasteiger partial charge in [-0.3, -0.25) is 9.59 Å². The molecule has 0 radical (unpaired) electrons. The van der Waals surface area contributed by atoms with Crippen LogP contribution in [0.2, 0.25) is 0 Å². The van der Waals surface area contributed by atoms with Crippen molar-refractivity contribution in [3.63, 3.8) is 0 Å². The predicted molar refractivity (Wildman–Crippen MR) is 153 cm³/mol. The van der Waals surface area contributed by atoms with Crippen molar-refractivity contribution in [1.82, 2.24) is 16.0 Å². The number of fused-ring (bicyclic) bond motifs is 4. The Kier molecular flexibility index (Phi) is 10.3. The molecule has 4 bridgehead atoms. The molecule has 0 saturated carbocycles. The summed E-state index contributed by atoms with van der Waals surface area (Å²) in [5.41, 5.74) is 4.41. The minimum atomic E-state index is -0.972. The van der Waals surface area contributed by atoms with E-state index >= 15 is 0 Å². The molecule has 1 aliphatic heterocycles. The van der Waals surface area contributed by atoms with Crippen LogP contribution in [0.5, 0.6) is 5.75 Å². The molecule has 4 N–H and O–H groups in total. The number of aryl methyl sites for hydroxylation is 2. The summed E-state index contributed by atoms with van der Waals surface area (Å²) in [7, 11) is 0. The lowest BCUT2D eigenvalue weighted by molar-refractivity contribution is 0.0829. The molecule has 0 unspecified atom stereocenters. The van der Waals surface area contributed by atoms with E-state index < -0.39 is 23.9 Å². The van der Waals surface area contributed by atoms with E-state index in [1.165, 1.54) is 17.7 Å². The second-order valence-corrected chi connectivity index (χ2v) is 10.4. The van der Waals surface area contributed by atoms with E-state index in [1.807, 2.05) is 19.1 Å². The van der Waals surface area contributed by atoms with E-state index in [9.17, 15) is 19.1 Å². The zero-order valence-electron chi connectivity index (χ0n) is 23.1. The van der Waals surface area contributed by atoms with Gasteiger partial charge in [0.25, 0.3) is 11.8 Å². The van der Waals surface area contributed by atoms with Crippen LogP contribution in [0.3, 0.4) is 0 Å². The molecule has 0 fully saturated rings. The molecule has 2 atom stereocenters. The van der Waals surface area contributed by atoms with Crippen LogP contribution in [0, 0.1) is 12.7 Å². The quantitative estimate of drug-likeness (QED) is 0.373. The highest BCUT2D eigenvalue weighted by Gasteiger charge is 2.24. The second-order valence-electron chi connectivity index (χ2n) is 10.4. The van der Waals surface area contributed by atoms with Crippen LogP contribution in [0.15, 0.2) is 60.7 Å². The van der Waals surface area contributed by atoms with E-state index in [1.54, 1.807) is 24.3 Å². The number of ether oxygens (including phenoxy) is 1. The van der Waals surface area contributed by atoms with E-state index in [4.69, 9.17) is 4.74 Å². The van der Waals surface area contributed by atoms with E-state index in [0.29, 0.717) is 55.0 Å². The Bertz CT molecular complexity index is 1330. The minimum absolute atomic E-state index is 0.188. The Hall–Kier alpha value is -3.75. The molecule has 2 amide bonds. The topological polar surface area (TPSA) is 99.7 Å². The van der Waals surface area contributed by atoms with Crippen LogP contribution in [0.1, 0.15) is 62.7 Å². The van der Waals surface area contributed by atoms with Gasteiger partial charge in [0.15, 0.2) is 0 Å². The van der Waals surface area contributed by atoms with Crippen molar-refractivity contribution in [3.8, 4) is 5.75 Å². The lowest BCUT2D eigenvalue weighted by atomic mass is 9.99. The average molecular weight is 548 g/mol. The third-order valence-corrected chi connectivity index (χ3v) is 6.98. The van der Waals surface area contributed by atoms with Gasteiger partial charge in [-0.05, 0) is 85.2 Å². The standard InChI is InChI=1S/C32H38FN3O4/c1-3-22-7-6-8-23(13-22)19-34-20-30(37)29-16-24-14-27(33)18-28(15-24)40-10-5-4-9-35-31(38)25-11-21(2)12-26(17-25)32(39)36-29/h6-8,11-15,17-18,29-30,34,37H,3-5,9-10,16,19-20H2,1-2H3,(H,35,38)(H,36,39)/t29-,30+/m0/s1. The highest BCUT2D eigenvalue weighted by atomic mass is 19.1. The molecule has 7 nitrogen and oxygen atoms in total. The maximum atomic E-state index is 14.5. The van der Waals surface area contributed by atoms with Crippen LogP contribution in [-0.4, -0.2) is 48.8 Å². The van der Waals surface area contributed by atoms with Gasteiger partial charge in [0.05, 0.1) is 18.8 Å². The predicted octanol–water partition coefficient (Wildman–Crippen LogP) is 4.09. The molecule has 212 valence electrons. The first-order valence-electron chi connectivity index (χ1n) is 13.9. The third kappa shape index (κ3) is 8.37. The van der Waals surface area contributed by atoms with Crippen molar-refractivity contribution in [2.75, 3.05) is 19.7 Å². The monoisotopic (exact) mass is 547 g/mol. The van der Waals surface area contributed by atoms with Gasteiger partial charge in [-0.2, -0.15) is 0 Å². The Morgan fingerprint density at radius 3 is 2.60 bits per heavy atom. The molecule has 8 heteroatoms. The summed E-state index contributed by atoms with van der Waals surface area (Å²) in [6, 6.07) is 17.0. The summed E-state index contributed by atoms with van der Waals surface area (Å²) in [6.07, 6.45) is 1.52. The van der Waals surface area contributed by atoms with Gasteiger partial charge in [0, 0.05) is 36.8 Å². The van der Waals surface area contributed by atoms with Crippen molar-refractivity contribution >= 4 is 11.8 Å². The lowest BCUT2D eigenvalue weighted by Gasteiger charge is -2.25. The van der Waals surface area contributed by atoms with Crippen LogP contribution >= 0.6 is 0 Å². The van der Waals surface area contributed by atoms with Gasteiger partial charge in [-0.15, -0.1) is 0 Å². The fourth-order valence-corrected chi connectivity index (χ4v) is 4.84. The minimum Gasteiger partial charge on any atom is -0.493 e. The average Bonchev–Trinajstić information content (AvgIpc) is 2.93. The number of carbonyl (C=O) groups is 2. The Morgan fingerprint density at radius 1 is 1.02 bits per heavy atom. The summed E-state index contributed by atoms with van der Waals surface area (Å²) in [5.74, 6) is -0.743. The normalized spacial score (nSPS) is 17.2. The summed E-state index contributed by atoms with van der Waals surface area (Å²) < 4.78 is 20.3. The highest BCUT2D eigenvalue weighted by Crippen LogP contribution is 2.20. The fraction of sp³-hybridized carbons (Fsp3) is 0.375. The first-order valence-corrected chi connectivity index (χ1v) is 13.9. The number of rotatable bonds is 6. The molecular weight excluding hydrogens is 509 g/mol. The molecule has 0 aliphatic carbocycles. The smallest absolute Gasteiger partial charge is 0.251 e. The summed E-state index contributed by atoms with van der Waals surface area (Å²) in [5, 5.41) is 20.3. The molecule has 4 rings (SSSR count). The van der Waals surface area contributed by atoms with E-state index in [0.717, 1.165) is 17.5 Å². The van der Waals surface area contributed by atoms with Gasteiger partial charge in [0.1, 0.15) is 11.6 Å². The van der Waals surface area contributed by atoms with Crippen molar-refractivity contribution in [2.24, 2.45) is 0 Å². The first-order chi connectivity index (χ1) is 19.3. The number of carbonyl (C=O) groups excluding carboxylic acids is 2. The molecule has 40 heavy (non-hydrogen) atoms. The highest BCUT2D eigenvalue weighted by molar-refractivity contribution is 6.00. The number of aliphatic hydroxyl groups is 1. The molecule has 0 spiro atoms. The number of hydrogen-bond acceptors (Lipinski definition) is 5. The maximum absolute atomic E-state index is 14.5. The maximum Gasteiger partial charge on any atom is 0.251 e. The van der Waals surface area contributed by atoms with Gasteiger partial charge in [-0.25, -0.2) is 4.39 Å². The van der Waals surface area contributed by atoms with E-state index in [-0.39, 0.29) is 18.9 Å². The molecule has 0 saturated heterocycles. The molecule has 3 aromatic carbocycles. The number of nitrogens with one attached hydrogen (secondary N) is 3. The molecule has 3 aromatic rings. The molecular formula is C32H38FN3O4. The van der Waals surface area contributed by atoms with Crippen LogP contribution in [0.25, 0.3) is 0 Å². The van der Waals surface area contributed by atoms with Crippen molar-refractivity contribution < 1.29 is 23.8 Å². The number of hydrogen-bond donors (Lipinski definition) is 4. The number of amides is 2. The molecule has 1 aliphatic rings. The van der Waals surface area contributed by atoms with Crippen LogP contribution in [0.4, 0.5) is 4.39 Å². The number of benzene rings is 3. The SMILES string of the molecule is CCc1cccc(CNC[C@@H](O)[C@@H]2Cc3cc(F)cc(c3)OCCCCNC(=O)c3cc(C)cc(c3)C(=O)N2)c1. The summed E-state index contributed by atoms with van der Waals surface area (Å²) in [6.45, 7) is 5.52. The van der Waals surface area contributed by atoms with E-state index in [2.05, 4.69) is 35.0 Å². The fourth-order valence-electron chi connectivity index (χ4n) is 4.84. The lowest BCUT2D eigenvalue weighted by Crippen LogP contribution is -2.48. The summed E-state index contributed by atoms with van der Waals surface area (Å²) >= 11 is 0. The Labute approximate surface area is 235 Å². The zero-order chi connectivity index (χ0) is 28.5. The Morgan fingerprint density at radius 2 is 1.80 bits per heavy atom. The first kappa shape index (κ1) is 29.2. The Balaban J connectivity index is 1.57. The zero-order valence-corrected chi connectivity index (χ0v) is 23.1. The molecule has 1 heterocycles. The summed E-state index contributed by atoms with van der Waals surface area (Å²) in [4.78, 5) is 26.1. The second kappa shape index (κ2) is 14.1. The van der Waals surface area contributed by atoms with Gasteiger partial charge in [-0.1, -0.05) is 31.2 Å². The van der Waals surface area contributed by atoms with Gasteiger partial charge >= 0.3 is 0 Å². The van der Waals surface area contributed by atoms with Crippen molar-refractivity contribution in [3.05, 3.63) is 99.9 Å². The number of aliphatic hydroxyl groups excluding tert-OH is 1. The van der Waals surface area contributed by atoms with Crippen molar-refractivity contribution in [1.29, 1.82) is 0 Å².